The Labute approximate surface area is 110 Å². The number of carboxylic acids is 1. The van der Waals surface area contributed by atoms with Gasteiger partial charge in [-0.2, -0.15) is 0 Å². The van der Waals surface area contributed by atoms with Gasteiger partial charge in [0.2, 0.25) is 0 Å². The van der Waals surface area contributed by atoms with Crippen molar-refractivity contribution in [2.24, 2.45) is 0 Å². The molecule has 2 N–H and O–H groups in total. The number of carbonyl (C=O) groups is 2. The average molecular weight is 269 g/mol. The molecular formula is C13H16FNO4. The number of carbonyl (C=O) groups excluding carboxylic acids is 1. The molecule has 1 amide bonds. The normalized spacial score (nSPS) is 11.7. The lowest BCUT2D eigenvalue weighted by atomic mass is 10.2. The number of halogens is 1. The number of hydrogen-bond donors (Lipinski definition) is 2. The van der Waals surface area contributed by atoms with Crippen LogP contribution in [0.5, 0.6) is 5.75 Å². The third-order valence-corrected chi connectivity index (χ3v) is 2.39. The van der Waals surface area contributed by atoms with Gasteiger partial charge in [0, 0.05) is 6.54 Å². The van der Waals surface area contributed by atoms with E-state index in [1.165, 1.54) is 13.0 Å². The quantitative estimate of drug-likeness (QED) is 0.826. The lowest BCUT2D eigenvalue weighted by Crippen LogP contribution is -2.36. The number of rotatable bonds is 6. The van der Waals surface area contributed by atoms with Crippen LogP contribution in [0.25, 0.3) is 0 Å². The van der Waals surface area contributed by atoms with Gasteiger partial charge in [-0.05, 0) is 31.5 Å². The van der Waals surface area contributed by atoms with Crippen LogP contribution in [0, 0.1) is 5.82 Å². The Morgan fingerprint density at radius 1 is 1.47 bits per heavy atom. The summed E-state index contributed by atoms with van der Waals surface area (Å²) < 4.78 is 18.2. The van der Waals surface area contributed by atoms with Gasteiger partial charge in [0.25, 0.3) is 5.91 Å². The van der Waals surface area contributed by atoms with Crippen molar-refractivity contribution in [2.45, 2.75) is 26.4 Å². The summed E-state index contributed by atoms with van der Waals surface area (Å²) in [6.07, 6.45) is -0.0647. The molecule has 0 aliphatic carbocycles. The molecule has 104 valence electrons. The summed E-state index contributed by atoms with van der Waals surface area (Å²) in [6.45, 7) is 3.93. The van der Waals surface area contributed by atoms with Crippen molar-refractivity contribution in [1.82, 2.24) is 5.32 Å². The first-order valence-corrected chi connectivity index (χ1v) is 5.93. The second-order valence-corrected chi connectivity index (χ2v) is 4.00. The van der Waals surface area contributed by atoms with Crippen molar-refractivity contribution in [2.75, 3.05) is 6.54 Å². The molecule has 0 saturated heterocycles. The lowest BCUT2D eigenvalue weighted by Gasteiger charge is -2.15. The molecule has 1 aromatic rings. The molecule has 0 fully saturated rings. The van der Waals surface area contributed by atoms with Gasteiger partial charge in [0.15, 0.2) is 6.10 Å². The van der Waals surface area contributed by atoms with Gasteiger partial charge in [-0.25, -0.2) is 9.18 Å². The van der Waals surface area contributed by atoms with E-state index in [0.717, 1.165) is 18.6 Å². The van der Waals surface area contributed by atoms with Crippen LogP contribution in [0.4, 0.5) is 4.39 Å². The molecule has 0 aliphatic heterocycles. The van der Waals surface area contributed by atoms with Crippen LogP contribution < -0.4 is 10.1 Å². The van der Waals surface area contributed by atoms with E-state index in [2.05, 4.69) is 5.32 Å². The molecular weight excluding hydrogens is 253 g/mol. The number of ether oxygens (including phenoxy) is 1. The molecule has 1 aromatic carbocycles. The smallest absolute Gasteiger partial charge is 0.339 e. The molecule has 19 heavy (non-hydrogen) atoms. The Bertz CT molecular complexity index is 476. The molecule has 0 bridgehead atoms. The van der Waals surface area contributed by atoms with Gasteiger partial charge in [0.1, 0.15) is 17.1 Å². The molecule has 0 radical (unpaired) electrons. The molecule has 6 heteroatoms. The van der Waals surface area contributed by atoms with Gasteiger partial charge >= 0.3 is 5.97 Å². The second kappa shape index (κ2) is 6.72. The molecule has 0 aliphatic rings. The fraction of sp³-hybridized carbons (Fsp3) is 0.385. The number of aromatic carboxylic acids is 1. The fourth-order valence-corrected chi connectivity index (χ4v) is 1.41. The standard InChI is InChI=1S/C13H16FNO4/c1-3-6-15-12(16)8(2)19-11-5-4-9(14)7-10(11)13(17)18/h4-5,7-8H,3,6H2,1-2H3,(H,15,16)(H,17,18). The van der Waals surface area contributed by atoms with E-state index in [4.69, 9.17) is 9.84 Å². The van der Waals surface area contributed by atoms with Gasteiger partial charge in [-0.1, -0.05) is 6.92 Å². The van der Waals surface area contributed by atoms with E-state index in [0.29, 0.717) is 6.54 Å². The highest BCUT2D eigenvalue weighted by Crippen LogP contribution is 2.21. The first kappa shape index (κ1) is 14.9. The minimum absolute atomic E-state index is 0.0342. The van der Waals surface area contributed by atoms with Crippen LogP contribution in [0.2, 0.25) is 0 Å². The monoisotopic (exact) mass is 269 g/mol. The maximum atomic E-state index is 13.0. The van der Waals surface area contributed by atoms with Gasteiger partial charge in [0.05, 0.1) is 0 Å². The SMILES string of the molecule is CCCNC(=O)C(C)Oc1ccc(F)cc1C(=O)O. The predicted molar refractivity (Wildman–Crippen MR) is 66.8 cm³/mol. The molecule has 0 aromatic heterocycles. The van der Waals surface area contributed by atoms with Gasteiger partial charge in [-0.3, -0.25) is 4.79 Å². The van der Waals surface area contributed by atoms with Gasteiger partial charge in [-0.15, -0.1) is 0 Å². The maximum Gasteiger partial charge on any atom is 0.339 e. The van der Waals surface area contributed by atoms with Crippen molar-refractivity contribution in [3.05, 3.63) is 29.6 Å². The van der Waals surface area contributed by atoms with Crippen LogP contribution in [0.15, 0.2) is 18.2 Å². The summed E-state index contributed by atoms with van der Waals surface area (Å²) in [5.74, 6) is -2.36. The van der Waals surface area contributed by atoms with Crippen molar-refractivity contribution in [3.63, 3.8) is 0 Å². The highest BCUT2D eigenvalue weighted by atomic mass is 19.1. The summed E-state index contributed by atoms with van der Waals surface area (Å²) in [5, 5.41) is 11.6. The number of nitrogens with one attached hydrogen (secondary N) is 1. The first-order chi connectivity index (χ1) is 8.95. The molecule has 1 atom stereocenters. The van der Waals surface area contributed by atoms with Crippen LogP contribution in [0.1, 0.15) is 30.6 Å². The van der Waals surface area contributed by atoms with E-state index >= 15 is 0 Å². The minimum Gasteiger partial charge on any atom is -0.480 e. The van der Waals surface area contributed by atoms with Crippen molar-refractivity contribution in [3.8, 4) is 5.75 Å². The van der Waals surface area contributed by atoms with Crippen LogP contribution >= 0.6 is 0 Å². The van der Waals surface area contributed by atoms with Crippen molar-refractivity contribution in [1.29, 1.82) is 0 Å². The van der Waals surface area contributed by atoms with E-state index in [1.807, 2.05) is 6.92 Å². The topological polar surface area (TPSA) is 75.6 Å². The van der Waals surface area contributed by atoms with Gasteiger partial charge < -0.3 is 15.2 Å². The largest absolute Gasteiger partial charge is 0.480 e. The maximum absolute atomic E-state index is 13.0. The zero-order chi connectivity index (χ0) is 14.4. The fourth-order valence-electron chi connectivity index (χ4n) is 1.41. The first-order valence-electron chi connectivity index (χ1n) is 5.93. The van der Waals surface area contributed by atoms with Crippen LogP contribution in [0.3, 0.4) is 0 Å². The highest BCUT2D eigenvalue weighted by Gasteiger charge is 2.18. The molecule has 1 unspecified atom stereocenters. The zero-order valence-electron chi connectivity index (χ0n) is 10.8. The average Bonchev–Trinajstić information content (AvgIpc) is 2.37. The van der Waals surface area contributed by atoms with Crippen molar-refractivity contribution >= 4 is 11.9 Å². The third-order valence-electron chi connectivity index (χ3n) is 2.39. The van der Waals surface area contributed by atoms with E-state index in [1.54, 1.807) is 0 Å². The van der Waals surface area contributed by atoms with Crippen LogP contribution in [-0.4, -0.2) is 29.6 Å². The summed E-state index contributed by atoms with van der Waals surface area (Å²) >= 11 is 0. The van der Waals surface area contributed by atoms with E-state index < -0.39 is 17.9 Å². The third kappa shape index (κ3) is 4.24. The second-order valence-electron chi connectivity index (χ2n) is 4.00. The minimum atomic E-state index is -1.31. The van der Waals surface area contributed by atoms with Crippen LogP contribution in [-0.2, 0) is 4.79 Å². The molecule has 0 saturated carbocycles. The summed E-state index contributed by atoms with van der Waals surface area (Å²) in [4.78, 5) is 22.5. The molecule has 1 rings (SSSR count). The molecule has 5 nitrogen and oxygen atoms in total. The highest BCUT2D eigenvalue weighted by molar-refractivity contribution is 5.91. The molecule has 0 heterocycles. The Balaban J connectivity index is 2.81. The summed E-state index contributed by atoms with van der Waals surface area (Å²) in [6, 6.07) is 3.13. The Kier molecular flexibility index (Phi) is 5.29. The van der Waals surface area contributed by atoms with Crippen molar-refractivity contribution < 1.29 is 23.8 Å². The Hall–Kier alpha value is -2.11. The van der Waals surface area contributed by atoms with E-state index in [-0.39, 0.29) is 17.2 Å². The number of amides is 1. The zero-order valence-corrected chi connectivity index (χ0v) is 10.8. The number of carboxylic acid groups (broad SMARTS) is 1. The number of hydrogen-bond acceptors (Lipinski definition) is 3. The summed E-state index contributed by atoms with van der Waals surface area (Å²) in [7, 11) is 0. The molecule has 0 spiro atoms. The lowest BCUT2D eigenvalue weighted by molar-refractivity contribution is -0.127. The number of benzene rings is 1. The predicted octanol–water partition coefficient (Wildman–Crippen LogP) is 1.82. The Morgan fingerprint density at radius 2 is 2.16 bits per heavy atom. The van der Waals surface area contributed by atoms with E-state index in [9.17, 15) is 14.0 Å². The summed E-state index contributed by atoms with van der Waals surface area (Å²) in [5.41, 5.74) is -0.310. The Morgan fingerprint density at radius 3 is 2.74 bits per heavy atom.